The van der Waals surface area contributed by atoms with Crippen molar-refractivity contribution in [1.82, 2.24) is 24.8 Å². The number of alkyl halides is 1. The SMILES string of the molecule is COC[C@@H](F)CN(CCCCc1ccc2c(n1)NCCC2)CC[C@H](Nc1nc(-c2cccnc2)nc2ccccc12)C(=O)O. The van der Waals surface area contributed by atoms with Crippen molar-refractivity contribution in [2.45, 2.75) is 50.7 Å². The molecule has 44 heavy (non-hydrogen) atoms. The van der Waals surface area contributed by atoms with E-state index in [1.54, 1.807) is 18.5 Å². The van der Waals surface area contributed by atoms with Crippen LogP contribution in [0, 0.1) is 0 Å². The molecule has 0 fully saturated rings. The summed E-state index contributed by atoms with van der Waals surface area (Å²) in [6.45, 7) is 2.15. The number of carboxylic acid groups (broad SMARTS) is 1. The van der Waals surface area contributed by atoms with Gasteiger partial charge in [-0.25, -0.2) is 24.1 Å². The first-order chi connectivity index (χ1) is 21.5. The summed E-state index contributed by atoms with van der Waals surface area (Å²) in [6.07, 6.45) is 7.19. The zero-order valence-electron chi connectivity index (χ0n) is 25.1. The summed E-state index contributed by atoms with van der Waals surface area (Å²) in [4.78, 5) is 32.7. The summed E-state index contributed by atoms with van der Waals surface area (Å²) in [7, 11) is 1.48. The lowest BCUT2D eigenvalue weighted by Crippen LogP contribution is -2.39. The second-order valence-electron chi connectivity index (χ2n) is 11.1. The minimum absolute atomic E-state index is 0.00675. The highest BCUT2D eigenvalue weighted by Gasteiger charge is 2.22. The molecule has 0 amide bonds. The van der Waals surface area contributed by atoms with E-state index in [1.807, 2.05) is 35.2 Å². The number of pyridine rings is 2. The molecule has 4 aromatic rings. The van der Waals surface area contributed by atoms with Gasteiger partial charge < -0.3 is 25.4 Å². The summed E-state index contributed by atoms with van der Waals surface area (Å²) in [5, 5.41) is 17.4. The van der Waals surface area contributed by atoms with Crippen molar-refractivity contribution in [1.29, 1.82) is 0 Å². The second-order valence-corrected chi connectivity index (χ2v) is 11.1. The van der Waals surface area contributed by atoms with E-state index in [0.29, 0.717) is 30.2 Å². The number of aryl methyl sites for hydroxylation is 2. The quantitative estimate of drug-likeness (QED) is 0.151. The second kappa shape index (κ2) is 15.5. The number of unbranched alkanes of at least 4 members (excludes halogenated alkanes) is 1. The van der Waals surface area contributed by atoms with Crippen LogP contribution in [0.3, 0.4) is 0 Å². The van der Waals surface area contributed by atoms with Crippen LogP contribution in [0.4, 0.5) is 16.0 Å². The van der Waals surface area contributed by atoms with Crippen molar-refractivity contribution < 1.29 is 19.0 Å². The number of rotatable bonds is 16. The molecule has 3 N–H and O–H groups in total. The molecule has 0 radical (unpaired) electrons. The number of hydrogen-bond acceptors (Lipinski definition) is 9. The monoisotopic (exact) mass is 601 g/mol. The lowest BCUT2D eigenvalue weighted by molar-refractivity contribution is -0.138. The first-order valence-electron chi connectivity index (χ1n) is 15.2. The molecule has 1 aromatic carbocycles. The molecule has 0 unspecified atom stereocenters. The van der Waals surface area contributed by atoms with Crippen molar-refractivity contribution in [2.24, 2.45) is 0 Å². The maximum absolute atomic E-state index is 14.7. The van der Waals surface area contributed by atoms with Gasteiger partial charge in [-0.3, -0.25) is 4.98 Å². The Morgan fingerprint density at radius 1 is 1.11 bits per heavy atom. The normalized spacial score (nSPS) is 14.2. The van der Waals surface area contributed by atoms with E-state index < -0.39 is 18.2 Å². The average Bonchev–Trinajstić information content (AvgIpc) is 3.04. The number of halogens is 1. The van der Waals surface area contributed by atoms with Crippen molar-refractivity contribution in [2.75, 3.05) is 50.5 Å². The molecule has 0 saturated carbocycles. The maximum Gasteiger partial charge on any atom is 0.326 e. The summed E-state index contributed by atoms with van der Waals surface area (Å²) in [5.41, 5.74) is 3.74. The molecule has 0 spiro atoms. The molecular formula is C33H40FN7O3. The minimum atomic E-state index is -1.17. The van der Waals surface area contributed by atoms with Crippen LogP contribution in [0.15, 0.2) is 60.9 Å². The number of methoxy groups -OCH3 is 1. The third-order valence-electron chi connectivity index (χ3n) is 7.78. The molecule has 3 aromatic heterocycles. The Balaban J connectivity index is 1.24. The van der Waals surface area contributed by atoms with Crippen LogP contribution >= 0.6 is 0 Å². The third-order valence-corrected chi connectivity index (χ3v) is 7.78. The molecule has 1 aliphatic rings. The lowest BCUT2D eigenvalue weighted by Gasteiger charge is -2.26. The van der Waals surface area contributed by atoms with E-state index in [2.05, 4.69) is 37.7 Å². The number of ether oxygens (including phenoxy) is 1. The van der Waals surface area contributed by atoms with E-state index in [-0.39, 0.29) is 19.6 Å². The van der Waals surface area contributed by atoms with Gasteiger partial charge >= 0.3 is 5.97 Å². The molecule has 232 valence electrons. The first kappa shape index (κ1) is 31.2. The molecule has 10 nitrogen and oxygen atoms in total. The number of aromatic nitrogens is 4. The third kappa shape index (κ3) is 8.45. The standard InChI is InChI=1S/C33H40FN7O3/c1-44-22-25(34)21-41(18-5-4-10-26-14-13-23-8-7-17-36-30(23)37-26)19-15-29(33(42)43)39-32-27-11-2-3-12-28(27)38-31(40-32)24-9-6-16-35-20-24/h2-3,6,9,11-14,16,20,25,29H,4-5,7-8,10,15,17-19,21-22H2,1H3,(H,36,37)(H,42,43)(H,38,39,40)/t25-,29-/m0/s1. The van der Waals surface area contributed by atoms with E-state index in [9.17, 15) is 14.3 Å². The number of benzene rings is 1. The molecule has 0 bridgehead atoms. The Hall–Kier alpha value is -4.22. The summed E-state index contributed by atoms with van der Waals surface area (Å²) in [5.74, 6) is 0.875. The first-order valence-corrected chi connectivity index (χ1v) is 15.2. The number of para-hydroxylation sites is 1. The molecule has 11 heteroatoms. The summed E-state index contributed by atoms with van der Waals surface area (Å²) < 4.78 is 19.7. The Labute approximate surface area is 257 Å². The van der Waals surface area contributed by atoms with Gasteiger partial charge in [0.25, 0.3) is 0 Å². The number of hydrogen-bond donors (Lipinski definition) is 3. The Bertz CT molecular complexity index is 1520. The number of aliphatic carboxylic acids is 1. The zero-order chi connectivity index (χ0) is 30.7. The number of carbonyl (C=O) groups is 1. The molecule has 4 heterocycles. The van der Waals surface area contributed by atoms with Crippen molar-refractivity contribution in [3.05, 3.63) is 72.2 Å². The number of carboxylic acids is 1. The largest absolute Gasteiger partial charge is 0.480 e. The number of fused-ring (bicyclic) bond motifs is 2. The van der Waals surface area contributed by atoms with Crippen LogP contribution in [-0.2, 0) is 22.4 Å². The highest BCUT2D eigenvalue weighted by Crippen LogP contribution is 2.26. The van der Waals surface area contributed by atoms with Gasteiger partial charge in [0, 0.05) is 55.8 Å². The maximum atomic E-state index is 14.7. The molecule has 5 rings (SSSR count). The predicted octanol–water partition coefficient (Wildman–Crippen LogP) is 5.01. The Morgan fingerprint density at radius 3 is 2.82 bits per heavy atom. The van der Waals surface area contributed by atoms with E-state index in [1.165, 1.54) is 12.7 Å². The van der Waals surface area contributed by atoms with Gasteiger partial charge in [0.2, 0.25) is 0 Å². The molecule has 1 aliphatic heterocycles. The van der Waals surface area contributed by atoms with Crippen LogP contribution in [-0.4, -0.2) is 88.0 Å². The summed E-state index contributed by atoms with van der Waals surface area (Å²) in [6, 6.07) is 14.5. The van der Waals surface area contributed by atoms with Crippen molar-refractivity contribution >= 4 is 28.5 Å². The molecule has 2 atom stereocenters. The fraction of sp³-hybridized carbons (Fsp3) is 0.424. The van der Waals surface area contributed by atoms with Gasteiger partial charge in [0.1, 0.15) is 23.8 Å². The van der Waals surface area contributed by atoms with Crippen LogP contribution in [0.5, 0.6) is 0 Å². The highest BCUT2D eigenvalue weighted by atomic mass is 19.1. The van der Waals surface area contributed by atoms with Gasteiger partial charge in [0.15, 0.2) is 5.82 Å². The number of nitrogens with one attached hydrogen (secondary N) is 2. The van der Waals surface area contributed by atoms with Crippen LogP contribution in [0.2, 0.25) is 0 Å². The van der Waals surface area contributed by atoms with Gasteiger partial charge in [-0.2, -0.15) is 0 Å². The van der Waals surface area contributed by atoms with Gasteiger partial charge in [-0.15, -0.1) is 0 Å². The molecular weight excluding hydrogens is 561 g/mol. The minimum Gasteiger partial charge on any atom is -0.480 e. The zero-order valence-corrected chi connectivity index (χ0v) is 25.1. The smallest absolute Gasteiger partial charge is 0.326 e. The predicted molar refractivity (Wildman–Crippen MR) is 170 cm³/mol. The fourth-order valence-electron chi connectivity index (χ4n) is 5.50. The van der Waals surface area contributed by atoms with Crippen molar-refractivity contribution in [3.8, 4) is 11.4 Å². The fourth-order valence-corrected chi connectivity index (χ4v) is 5.50. The van der Waals surface area contributed by atoms with E-state index in [4.69, 9.17) is 9.72 Å². The topological polar surface area (TPSA) is 125 Å². The summed E-state index contributed by atoms with van der Waals surface area (Å²) >= 11 is 0. The van der Waals surface area contributed by atoms with E-state index >= 15 is 0 Å². The van der Waals surface area contributed by atoms with Gasteiger partial charge in [-0.1, -0.05) is 18.2 Å². The lowest BCUT2D eigenvalue weighted by atomic mass is 10.1. The average molecular weight is 602 g/mol. The highest BCUT2D eigenvalue weighted by molar-refractivity contribution is 5.92. The van der Waals surface area contributed by atoms with Crippen LogP contribution < -0.4 is 10.6 Å². The van der Waals surface area contributed by atoms with Crippen molar-refractivity contribution in [3.63, 3.8) is 0 Å². The number of nitrogens with zero attached hydrogens (tertiary/aromatic N) is 5. The van der Waals surface area contributed by atoms with E-state index in [0.717, 1.165) is 61.1 Å². The Kier molecular flexibility index (Phi) is 11.0. The molecule has 0 aliphatic carbocycles. The van der Waals surface area contributed by atoms with Crippen LogP contribution in [0.1, 0.15) is 36.9 Å². The molecule has 0 saturated heterocycles. The van der Waals surface area contributed by atoms with Crippen LogP contribution in [0.25, 0.3) is 22.3 Å². The van der Waals surface area contributed by atoms with Gasteiger partial charge in [-0.05, 0) is 81.0 Å². The number of anilines is 2. The van der Waals surface area contributed by atoms with Gasteiger partial charge in [0.05, 0.1) is 12.1 Å². The Morgan fingerprint density at radius 2 is 2.00 bits per heavy atom.